The fraction of sp³-hybridized carbons (Fsp3) is 0.619. The molecule has 0 radical (unpaired) electrons. The van der Waals surface area contributed by atoms with Gasteiger partial charge in [-0.15, -0.1) is 0 Å². The molecule has 5 nitrogen and oxygen atoms in total. The van der Waals surface area contributed by atoms with Crippen molar-refractivity contribution in [3.8, 4) is 5.75 Å². The lowest BCUT2D eigenvalue weighted by Crippen LogP contribution is -2.37. The maximum atomic E-state index is 12.2. The standard InChI is InChI=1S/C21H28Cl2O5/c1-12(2)16-7-5-13(3)9-19(16)28-20(24)11-26-21(25)14(4)27-18-8-6-15(22)10-17(18)23/h6,8,10,12-14,16,19H,5,7,9,11H2,1-4H3/t13-,14+,16-,19-/m0/s1. The Balaban J connectivity index is 1.83. The van der Waals surface area contributed by atoms with Gasteiger partial charge in [-0.2, -0.15) is 0 Å². The number of esters is 2. The van der Waals surface area contributed by atoms with Crippen LogP contribution < -0.4 is 4.74 Å². The quantitative estimate of drug-likeness (QED) is 0.548. The van der Waals surface area contributed by atoms with Crippen LogP contribution in [0, 0.1) is 17.8 Å². The van der Waals surface area contributed by atoms with Gasteiger partial charge in [0, 0.05) is 5.02 Å². The molecule has 0 bridgehead atoms. The van der Waals surface area contributed by atoms with Gasteiger partial charge in [0.05, 0.1) is 5.02 Å². The fourth-order valence-corrected chi connectivity index (χ4v) is 3.96. The Labute approximate surface area is 176 Å². The SMILES string of the molecule is CC(C)[C@@H]1CC[C@H](C)C[C@@H]1OC(=O)COC(=O)[C@@H](C)Oc1ccc(Cl)cc1Cl. The number of rotatable bonds is 7. The zero-order valence-corrected chi connectivity index (χ0v) is 18.3. The second-order valence-corrected chi connectivity index (χ2v) is 8.64. The summed E-state index contributed by atoms with van der Waals surface area (Å²) in [5, 5.41) is 0.754. The summed E-state index contributed by atoms with van der Waals surface area (Å²) >= 11 is 11.9. The predicted octanol–water partition coefficient (Wildman–Crippen LogP) is 5.31. The second kappa shape index (κ2) is 10.4. The van der Waals surface area contributed by atoms with Crippen LogP contribution in [0.1, 0.15) is 47.0 Å². The van der Waals surface area contributed by atoms with Crippen molar-refractivity contribution in [1.82, 2.24) is 0 Å². The molecule has 0 N–H and O–H groups in total. The summed E-state index contributed by atoms with van der Waals surface area (Å²) in [4.78, 5) is 24.3. The number of benzene rings is 1. The molecule has 0 heterocycles. The van der Waals surface area contributed by atoms with Crippen molar-refractivity contribution < 1.29 is 23.8 Å². The molecule has 7 heteroatoms. The maximum Gasteiger partial charge on any atom is 0.347 e. The number of carbonyl (C=O) groups excluding carboxylic acids is 2. The van der Waals surface area contributed by atoms with E-state index < -0.39 is 24.6 Å². The third-order valence-corrected chi connectivity index (χ3v) is 5.64. The molecule has 0 aromatic heterocycles. The van der Waals surface area contributed by atoms with E-state index in [9.17, 15) is 9.59 Å². The zero-order chi connectivity index (χ0) is 20.8. The summed E-state index contributed by atoms with van der Waals surface area (Å²) in [6.45, 7) is 7.54. The summed E-state index contributed by atoms with van der Waals surface area (Å²) in [7, 11) is 0. The summed E-state index contributed by atoms with van der Waals surface area (Å²) in [6.07, 6.45) is 1.98. The first-order chi connectivity index (χ1) is 13.2. The van der Waals surface area contributed by atoms with Crippen LogP contribution in [0.2, 0.25) is 10.0 Å². The Morgan fingerprint density at radius 1 is 1.18 bits per heavy atom. The van der Waals surface area contributed by atoms with E-state index in [1.807, 2.05) is 0 Å². The van der Waals surface area contributed by atoms with Gasteiger partial charge in [0.25, 0.3) is 0 Å². The Bertz CT molecular complexity index is 691. The minimum absolute atomic E-state index is 0.128. The van der Waals surface area contributed by atoms with Gasteiger partial charge in [-0.05, 0) is 55.7 Å². The number of hydrogen-bond acceptors (Lipinski definition) is 5. The lowest BCUT2D eigenvalue weighted by atomic mass is 9.75. The molecule has 1 fully saturated rings. The minimum Gasteiger partial charge on any atom is -0.477 e. The van der Waals surface area contributed by atoms with Crippen LogP contribution in [0.15, 0.2) is 18.2 Å². The van der Waals surface area contributed by atoms with Crippen LogP contribution >= 0.6 is 23.2 Å². The lowest BCUT2D eigenvalue weighted by Gasteiger charge is -2.36. The van der Waals surface area contributed by atoms with Gasteiger partial charge >= 0.3 is 11.9 Å². The first-order valence-corrected chi connectivity index (χ1v) is 10.4. The van der Waals surface area contributed by atoms with Gasteiger partial charge in [-0.25, -0.2) is 9.59 Å². The van der Waals surface area contributed by atoms with Crippen molar-refractivity contribution in [2.75, 3.05) is 6.61 Å². The largest absolute Gasteiger partial charge is 0.477 e. The van der Waals surface area contributed by atoms with E-state index in [1.165, 1.54) is 13.0 Å². The second-order valence-electron chi connectivity index (χ2n) is 7.80. The maximum absolute atomic E-state index is 12.2. The molecular weight excluding hydrogens is 403 g/mol. The van der Waals surface area contributed by atoms with Crippen molar-refractivity contribution in [3.63, 3.8) is 0 Å². The highest BCUT2D eigenvalue weighted by atomic mass is 35.5. The van der Waals surface area contributed by atoms with E-state index in [-0.39, 0.29) is 11.1 Å². The van der Waals surface area contributed by atoms with Crippen LogP contribution in [0.4, 0.5) is 0 Å². The van der Waals surface area contributed by atoms with E-state index in [2.05, 4.69) is 20.8 Å². The molecule has 4 atom stereocenters. The minimum atomic E-state index is -0.926. The molecule has 156 valence electrons. The highest BCUT2D eigenvalue weighted by Crippen LogP contribution is 2.35. The molecule has 1 aliphatic rings. The number of carbonyl (C=O) groups is 2. The Kier molecular flexibility index (Phi) is 8.44. The molecule has 1 aromatic rings. The summed E-state index contributed by atoms with van der Waals surface area (Å²) in [5.41, 5.74) is 0. The average Bonchev–Trinajstić information content (AvgIpc) is 2.61. The van der Waals surface area contributed by atoms with Gasteiger partial charge in [-0.1, -0.05) is 50.4 Å². The molecule has 28 heavy (non-hydrogen) atoms. The van der Waals surface area contributed by atoms with Gasteiger partial charge in [0.15, 0.2) is 12.7 Å². The lowest BCUT2D eigenvalue weighted by molar-refractivity contribution is -0.169. The molecule has 1 saturated carbocycles. The van der Waals surface area contributed by atoms with Gasteiger partial charge < -0.3 is 14.2 Å². The molecule has 1 aromatic carbocycles. The van der Waals surface area contributed by atoms with E-state index in [1.54, 1.807) is 12.1 Å². The average molecular weight is 431 g/mol. The Morgan fingerprint density at radius 3 is 2.54 bits per heavy atom. The Morgan fingerprint density at radius 2 is 1.89 bits per heavy atom. The third-order valence-electron chi connectivity index (χ3n) is 5.11. The van der Waals surface area contributed by atoms with Crippen LogP contribution in [0.25, 0.3) is 0 Å². The highest BCUT2D eigenvalue weighted by Gasteiger charge is 2.33. The zero-order valence-electron chi connectivity index (χ0n) is 16.7. The smallest absolute Gasteiger partial charge is 0.347 e. The van der Waals surface area contributed by atoms with Crippen LogP contribution in [-0.2, 0) is 19.1 Å². The van der Waals surface area contributed by atoms with Gasteiger partial charge in [0.2, 0.25) is 0 Å². The molecule has 0 aliphatic heterocycles. The topological polar surface area (TPSA) is 61.8 Å². The van der Waals surface area contributed by atoms with E-state index in [4.69, 9.17) is 37.4 Å². The summed E-state index contributed by atoms with van der Waals surface area (Å²) in [6, 6.07) is 4.69. The molecule has 1 aliphatic carbocycles. The normalized spacial score (nSPS) is 23.2. The van der Waals surface area contributed by atoms with Gasteiger partial charge in [0.1, 0.15) is 11.9 Å². The fourth-order valence-electron chi connectivity index (χ4n) is 3.51. The molecule has 0 saturated heterocycles. The number of ether oxygens (including phenoxy) is 3. The number of halogens is 2. The van der Waals surface area contributed by atoms with E-state index >= 15 is 0 Å². The molecule has 0 unspecified atom stereocenters. The van der Waals surface area contributed by atoms with Crippen molar-refractivity contribution in [2.45, 2.75) is 59.2 Å². The van der Waals surface area contributed by atoms with Crippen molar-refractivity contribution in [1.29, 1.82) is 0 Å². The molecule has 2 rings (SSSR count). The summed E-state index contributed by atoms with van der Waals surface area (Å²) < 4.78 is 16.2. The van der Waals surface area contributed by atoms with Gasteiger partial charge in [-0.3, -0.25) is 0 Å². The first kappa shape index (κ1) is 22.8. The van der Waals surface area contributed by atoms with Crippen molar-refractivity contribution in [2.24, 2.45) is 17.8 Å². The third kappa shape index (κ3) is 6.56. The van der Waals surface area contributed by atoms with E-state index in [0.717, 1.165) is 19.3 Å². The van der Waals surface area contributed by atoms with Crippen LogP contribution in [0.5, 0.6) is 5.75 Å². The Hall–Kier alpha value is -1.46. The van der Waals surface area contributed by atoms with E-state index in [0.29, 0.717) is 28.5 Å². The van der Waals surface area contributed by atoms with Crippen molar-refractivity contribution in [3.05, 3.63) is 28.2 Å². The molecule has 0 amide bonds. The van der Waals surface area contributed by atoms with Crippen LogP contribution in [-0.4, -0.2) is 30.8 Å². The number of hydrogen-bond donors (Lipinski definition) is 0. The predicted molar refractivity (Wildman–Crippen MR) is 109 cm³/mol. The monoisotopic (exact) mass is 430 g/mol. The summed E-state index contributed by atoms with van der Waals surface area (Å²) in [5.74, 6) is 0.410. The molecular formula is C21H28Cl2O5. The first-order valence-electron chi connectivity index (χ1n) is 9.65. The molecule has 0 spiro atoms. The van der Waals surface area contributed by atoms with Crippen molar-refractivity contribution >= 4 is 35.1 Å². The highest BCUT2D eigenvalue weighted by molar-refractivity contribution is 6.35. The van der Waals surface area contributed by atoms with Crippen LogP contribution in [0.3, 0.4) is 0 Å².